The van der Waals surface area contributed by atoms with Gasteiger partial charge in [0.25, 0.3) is 5.91 Å². The lowest BCUT2D eigenvalue weighted by molar-refractivity contribution is -0.143. The fourth-order valence-corrected chi connectivity index (χ4v) is 1.60. The number of allylic oxidation sites excluding steroid dienone is 3. The lowest BCUT2D eigenvalue weighted by atomic mass is 10.1. The van der Waals surface area contributed by atoms with Crippen molar-refractivity contribution in [1.82, 2.24) is 5.32 Å². The Hall–Kier alpha value is -2.07. The fraction of sp³-hybridized carbons (Fsp3) is 0.250. The average Bonchev–Trinajstić information content (AvgIpc) is 2.47. The minimum Gasteiger partial charge on any atom is -0.452 e. The number of amides is 1. The Morgan fingerprint density at radius 3 is 2.62 bits per heavy atom. The number of ether oxygens (including phenoxy) is 1. The number of halogens is 1. The number of hydrogen-bond acceptors (Lipinski definition) is 3. The summed E-state index contributed by atoms with van der Waals surface area (Å²) in [4.78, 5) is 22.7. The smallest absolute Gasteiger partial charge is 0.331 e. The van der Waals surface area contributed by atoms with E-state index >= 15 is 0 Å². The molecule has 0 fully saturated rings. The first-order valence-electron chi connectivity index (χ1n) is 6.59. The van der Waals surface area contributed by atoms with Gasteiger partial charge in [0.2, 0.25) is 0 Å². The van der Waals surface area contributed by atoms with Crippen LogP contribution in [0.5, 0.6) is 0 Å². The van der Waals surface area contributed by atoms with Crippen LogP contribution in [0.25, 0.3) is 0 Å². The van der Waals surface area contributed by atoms with Crippen LogP contribution in [0.1, 0.15) is 12.5 Å². The molecule has 21 heavy (non-hydrogen) atoms. The molecule has 112 valence electrons. The monoisotopic (exact) mass is 307 g/mol. The second-order valence-electron chi connectivity index (χ2n) is 4.22. The number of carbonyl (C=O) groups excluding carboxylic acids is 2. The Kier molecular flexibility index (Phi) is 7.90. The number of benzene rings is 1. The van der Waals surface area contributed by atoms with E-state index < -0.39 is 5.97 Å². The summed E-state index contributed by atoms with van der Waals surface area (Å²) < 4.78 is 4.78. The summed E-state index contributed by atoms with van der Waals surface area (Å²) in [5, 5.41) is 3.36. The van der Waals surface area contributed by atoms with Crippen LogP contribution in [0.2, 0.25) is 5.02 Å². The van der Waals surface area contributed by atoms with Crippen molar-refractivity contribution in [1.29, 1.82) is 0 Å². The highest BCUT2D eigenvalue weighted by molar-refractivity contribution is 6.30. The van der Waals surface area contributed by atoms with Crippen LogP contribution in [0.3, 0.4) is 0 Å². The van der Waals surface area contributed by atoms with Crippen molar-refractivity contribution in [2.24, 2.45) is 0 Å². The molecule has 0 saturated heterocycles. The molecule has 0 saturated carbocycles. The highest BCUT2D eigenvalue weighted by Gasteiger charge is 2.04. The molecule has 1 aromatic carbocycles. The van der Waals surface area contributed by atoms with Crippen LogP contribution in [0.15, 0.2) is 48.6 Å². The summed E-state index contributed by atoms with van der Waals surface area (Å²) in [7, 11) is 0. The number of nitrogens with one attached hydrogen (secondary N) is 1. The van der Waals surface area contributed by atoms with E-state index in [2.05, 4.69) is 5.32 Å². The van der Waals surface area contributed by atoms with Gasteiger partial charge in [0.1, 0.15) is 0 Å². The fourth-order valence-electron chi connectivity index (χ4n) is 1.48. The van der Waals surface area contributed by atoms with Crippen LogP contribution in [0.4, 0.5) is 0 Å². The Morgan fingerprint density at radius 2 is 1.95 bits per heavy atom. The largest absolute Gasteiger partial charge is 0.452 e. The van der Waals surface area contributed by atoms with Gasteiger partial charge in [-0.15, -0.1) is 0 Å². The van der Waals surface area contributed by atoms with Gasteiger partial charge in [0.15, 0.2) is 6.61 Å². The summed E-state index contributed by atoms with van der Waals surface area (Å²) in [6.45, 7) is 2.04. The van der Waals surface area contributed by atoms with Crippen molar-refractivity contribution < 1.29 is 14.3 Å². The summed E-state index contributed by atoms with van der Waals surface area (Å²) in [6.07, 6.45) is 7.00. The highest BCUT2D eigenvalue weighted by Crippen LogP contribution is 2.09. The Bertz CT molecular complexity index is 521. The SMILES string of the molecule is C/C=C/C=C/C(=O)OCC(=O)NCCc1ccc(Cl)cc1. The lowest BCUT2D eigenvalue weighted by Gasteiger charge is -2.05. The second-order valence-corrected chi connectivity index (χ2v) is 4.66. The average molecular weight is 308 g/mol. The number of rotatable bonds is 7. The van der Waals surface area contributed by atoms with Gasteiger partial charge in [0.05, 0.1) is 0 Å². The zero-order chi connectivity index (χ0) is 15.5. The molecule has 0 bridgehead atoms. The Morgan fingerprint density at radius 1 is 1.24 bits per heavy atom. The van der Waals surface area contributed by atoms with Crippen molar-refractivity contribution in [3.05, 3.63) is 59.2 Å². The normalized spacial score (nSPS) is 11.0. The summed E-state index contributed by atoms with van der Waals surface area (Å²) >= 11 is 5.78. The minimum atomic E-state index is -0.541. The molecule has 1 rings (SSSR count). The molecule has 1 amide bonds. The molecule has 1 N–H and O–H groups in total. The third kappa shape index (κ3) is 7.95. The van der Waals surface area contributed by atoms with Gasteiger partial charge in [0, 0.05) is 17.6 Å². The maximum Gasteiger partial charge on any atom is 0.331 e. The molecule has 4 nitrogen and oxygen atoms in total. The van der Waals surface area contributed by atoms with E-state index in [-0.39, 0.29) is 12.5 Å². The van der Waals surface area contributed by atoms with E-state index in [0.29, 0.717) is 18.0 Å². The second kappa shape index (κ2) is 9.77. The standard InChI is InChI=1S/C16H18ClNO3/c1-2-3-4-5-16(20)21-12-15(19)18-11-10-13-6-8-14(17)9-7-13/h2-9H,10-12H2,1H3,(H,18,19)/b3-2+,5-4+. The minimum absolute atomic E-state index is 0.278. The summed E-state index contributed by atoms with van der Waals surface area (Å²) in [5.41, 5.74) is 1.07. The molecule has 0 aromatic heterocycles. The molecular formula is C16H18ClNO3. The Balaban J connectivity index is 2.19. The van der Waals surface area contributed by atoms with E-state index in [1.54, 1.807) is 30.4 Å². The van der Waals surface area contributed by atoms with Gasteiger partial charge in [-0.05, 0) is 31.0 Å². The van der Waals surface area contributed by atoms with Crippen molar-refractivity contribution in [3.8, 4) is 0 Å². The van der Waals surface area contributed by atoms with E-state index in [4.69, 9.17) is 16.3 Å². The molecule has 5 heteroatoms. The van der Waals surface area contributed by atoms with Gasteiger partial charge in [-0.3, -0.25) is 4.79 Å². The molecule has 0 heterocycles. The van der Waals surface area contributed by atoms with Gasteiger partial charge in [-0.2, -0.15) is 0 Å². The first-order chi connectivity index (χ1) is 10.1. The van der Waals surface area contributed by atoms with Crippen LogP contribution in [-0.4, -0.2) is 25.0 Å². The van der Waals surface area contributed by atoms with Crippen LogP contribution >= 0.6 is 11.6 Å². The third-order valence-corrected chi connectivity index (χ3v) is 2.78. The molecule has 0 aliphatic rings. The van der Waals surface area contributed by atoms with Crippen LogP contribution in [-0.2, 0) is 20.7 Å². The lowest BCUT2D eigenvalue weighted by Crippen LogP contribution is -2.30. The van der Waals surface area contributed by atoms with Crippen molar-refractivity contribution in [2.45, 2.75) is 13.3 Å². The molecule has 0 aliphatic heterocycles. The van der Waals surface area contributed by atoms with Gasteiger partial charge in [-0.25, -0.2) is 4.79 Å². The van der Waals surface area contributed by atoms with Gasteiger partial charge >= 0.3 is 5.97 Å². The summed E-state index contributed by atoms with van der Waals surface area (Å²) in [5.74, 6) is -0.863. The first-order valence-corrected chi connectivity index (χ1v) is 6.97. The number of esters is 1. The highest BCUT2D eigenvalue weighted by atomic mass is 35.5. The first kappa shape index (κ1) is 17.0. The summed E-state index contributed by atoms with van der Waals surface area (Å²) in [6, 6.07) is 7.41. The topological polar surface area (TPSA) is 55.4 Å². The predicted octanol–water partition coefficient (Wildman–Crippen LogP) is 2.67. The van der Waals surface area contributed by atoms with Crippen molar-refractivity contribution in [3.63, 3.8) is 0 Å². The number of carbonyl (C=O) groups is 2. The van der Waals surface area contributed by atoms with Crippen LogP contribution in [0, 0.1) is 0 Å². The molecule has 0 unspecified atom stereocenters. The van der Waals surface area contributed by atoms with Crippen molar-refractivity contribution in [2.75, 3.05) is 13.2 Å². The third-order valence-electron chi connectivity index (χ3n) is 2.53. The Labute approximate surface area is 129 Å². The van der Waals surface area contributed by atoms with E-state index in [1.807, 2.05) is 19.1 Å². The van der Waals surface area contributed by atoms with E-state index in [0.717, 1.165) is 5.56 Å². The molecule has 0 aliphatic carbocycles. The quantitative estimate of drug-likeness (QED) is 0.479. The molecule has 0 spiro atoms. The zero-order valence-corrected chi connectivity index (χ0v) is 12.6. The predicted molar refractivity (Wildman–Crippen MR) is 83.1 cm³/mol. The number of hydrogen-bond donors (Lipinski definition) is 1. The maximum absolute atomic E-state index is 11.5. The van der Waals surface area contributed by atoms with Crippen LogP contribution < -0.4 is 5.32 Å². The molecular weight excluding hydrogens is 290 g/mol. The maximum atomic E-state index is 11.5. The molecule has 1 aromatic rings. The molecule has 0 radical (unpaired) electrons. The molecule has 0 atom stereocenters. The van der Waals surface area contributed by atoms with Gasteiger partial charge in [-0.1, -0.05) is 42.0 Å². The zero-order valence-electron chi connectivity index (χ0n) is 11.8. The van der Waals surface area contributed by atoms with E-state index in [9.17, 15) is 9.59 Å². The van der Waals surface area contributed by atoms with Gasteiger partial charge < -0.3 is 10.1 Å². The van der Waals surface area contributed by atoms with Crippen molar-refractivity contribution >= 4 is 23.5 Å². The van der Waals surface area contributed by atoms with E-state index in [1.165, 1.54) is 6.08 Å².